The molecule has 4 rings (SSSR count). The second kappa shape index (κ2) is 9.88. The lowest BCUT2D eigenvalue weighted by atomic mass is 9.95. The molecule has 0 bridgehead atoms. The molecule has 0 unspecified atom stereocenters. The number of rotatable bonds is 5. The molecule has 1 N–H and O–H groups in total. The molecule has 0 radical (unpaired) electrons. The molecule has 1 saturated carbocycles. The predicted octanol–water partition coefficient (Wildman–Crippen LogP) is 3.94. The number of nitriles is 1. The molecule has 2 fully saturated rings. The summed E-state index contributed by atoms with van der Waals surface area (Å²) in [6.45, 7) is 6.83. The number of carbonyl (C=O) groups is 2. The molecule has 170 valence electrons. The maximum Gasteiger partial charge on any atom is 0.264 e. The fourth-order valence-electron chi connectivity index (χ4n) is 4.92. The summed E-state index contributed by atoms with van der Waals surface area (Å²) >= 11 is 1.46. The van der Waals surface area contributed by atoms with Crippen molar-refractivity contribution in [3.63, 3.8) is 0 Å². The van der Waals surface area contributed by atoms with E-state index in [1.807, 2.05) is 36.3 Å². The number of piperazine rings is 1. The van der Waals surface area contributed by atoms with Gasteiger partial charge in [0.1, 0.15) is 11.9 Å². The minimum atomic E-state index is -0.103. The van der Waals surface area contributed by atoms with Gasteiger partial charge < -0.3 is 14.8 Å². The van der Waals surface area contributed by atoms with E-state index in [1.54, 1.807) is 0 Å². The second-order valence-corrected chi connectivity index (χ2v) is 9.75. The van der Waals surface area contributed by atoms with Crippen molar-refractivity contribution in [2.75, 3.05) is 38.0 Å². The smallest absolute Gasteiger partial charge is 0.264 e. The number of carbonyl (C=O) groups excluding carboxylic acids is 2. The van der Waals surface area contributed by atoms with Gasteiger partial charge in [0, 0.05) is 37.9 Å². The first-order valence-electron chi connectivity index (χ1n) is 11.5. The highest BCUT2D eigenvalue weighted by Crippen LogP contribution is 2.36. The molecular formula is C24H31N5O2S. The van der Waals surface area contributed by atoms with Crippen molar-refractivity contribution in [2.45, 2.75) is 52.0 Å². The Morgan fingerprint density at radius 2 is 1.88 bits per heavy atom. The van der Waals surface area contributed by atoms with Crippen LogP contribution in [0.1, 0.15) is 64.6 Å². The van der Waals surface area contributed by atoms with Crippen LogP contribution in [-0.2, 0) is 4.79 Å². The summed E-state index contributed by atoms with van der Waals surface area (Å²) in [6.07, 6.45) is 5.80. The van der Waals surface area contributed by atoms with E-state index >= 15 is 0 Å². The van der Waals surface area contributed by atoms with E-state index in [2.05, 4.69) is 20.9 Å². The van der Waals surface area contributed by atoms with Gasteiger partial charge in [-0.3, -0.25) is 14.5 Å². The van der Waals surface area contributed by atoms with E-state index < -0.39 is 0 Å². The molecule has 1 aliphatic heterocycles. The van der Waals surface area contributed by atoms with Crippen molar-refractivity contribution in [1.29, 1.82) is 5.26 Å². The zero-order valence-electron chi connectivity index (χ0n) is 18.9. The number of hydrogen-bond donors (Lipinski definition) is 1. The van der Waals surface area contributed by atoms with Crippen LogP contribution in [0.3, 0.4) is 0 Å². The van der Waals surface area contributed by atoms with Crippen LogP contribution in [0.15, 0.2) is 17.5 Å². The van der Waals surface area contributed by atoms with Crippen molar-refractivity contribution >= 4 is 29.0 Å². The van der Waals surface area contributed by atoms with Gasteiger partial charge in [0.2, 0.25) is 5.91 Å². The van der Waals surface area contributed by atoms with Crippen LogP contribution in [0.4, 0.5) is 5.82 Å². The number of nitrogens with one attached hydrogen (secondary N) is 1. The Morgan fingerprint density at radius 1 is 1.16 bits per heavy atom. The first kappa shape index (κ1) is 22.6. The van der Waals surface area contributed by atoms with Gasteiger partial charge in [-0.1, -0.05) is 25.3 Å². The van der Waals surface area contributed by atoms with Gasteiger partial charge in [-0.2, -0.15) is 5.26 Å². The predicted molar refractivity (Wildman–Crippen MR) is 126 cm³/mol. The summed E-state index contributed by atoms with van der Waals surface area (Å²) in [5.74, 6) is 0.624. The molecular weight excluding hydrogens is 422 g/mol. The van der Waals surface area contributed by atoms with Crippen molar-refractivity contribution in [3.05, 3.63) is 39.2 Å². The van der Waals surface area contributed by atoms with E-state index in [-0.39, 0.29) is 18.4 Å². The Hall–Kier alpha value is -2.63. The first-order valence-corrected chi connectivity index (χ1v) is 12.3. The van der Waals surface area contributed by atoms with Crippen LogP contribution < -0.4 is 5.32 Å². The van der Waals surface area contributed by atoms with Crippen molar-refractivity contribution in [1.82, 2.24) is 14.4 Å². The van der Waals surface area contributed by atoms with Gasteiger partial charge in [0.05, 0.1) is 17.0 Å². The Morgan fingerprint density at radius 3 is 2.50 bits per heavy atom. The van der Waals surface area contributed by atoms with E-state index in [4.69, 9.17) is 0 Å². The second-order valence-electron chi connectivity index (χ2n) is 8.80. The molecule has 1 saturated heterocycles. The monoisotopic (exact) mass is 453 g/mol. The van der Waals surface area contributed by atoms with Crippen LogP contribution in [-0.4, -0.2) is 58.9 Å². The summed E-state index contributed by atoms with van der Waals surface area (Å²) < 4.78 is 2.20. The first-order chi connectivity index (χ1) is 15.5. The number of nitrogens with zero attached hydrogens (tertiary/aromatic N) is 4. The number of amides is 2. The molecule has 2 aromatic rings. The Kier molecular flexibility index (Phi) is 6.97. The maximum absolute atomic E-state index is 13.0. The van der Waals surface area contributed by atoms with Crippen LogP contribution in [0.2, 0.25) is 0 Å². The van der Waals surface area contributed by atoms with Crippen LogP contribution in [0.5, 0.6) is 0 Å². The fourth-order valence-corrected chi connectivity index (χ4v) is 5.61. The van der Waals surface area contributed by atoms with Crippen molar-refractivity contribution < 1.29 is 9.59 Å². The quantitative estimate of drug-likeness (QED) is 0.744. The van der Waals surface area contributed by atoms with Crippen molar-refractivity contribution in [2.24, 2.45) is 0 Å². The van der Waals surface area contributed by atoms with Gasteiger partial charge in [0.25, 0.3) is 5.91 Å². The van der Waals surface area contributed by atoms with E-state index in [0.29, 0.717) is 43.6 Å². The Bertz CT molecular complexity index is 1010. The number of aromatic nitrogens is 1. The van der Waals surface area contributed by atoms with Gasteiger partial charge in [-0.25, -0.2) is 0 Å². The molecule has 8 heteroatoms. The maximum atomic E-state index is 13.0. The molecule has 2 aromatic heterocycles. The normalized spacial score (nSPS) is 17.8. The highest BCUT2D eigenvalue weighted by Gasteiger charge is 2.27. The highest BCUT2D eigenvalue weighted by molar-refractivity contribution is 7.12. The van der Waals surface area contributed by atoms with Gasteiger partial charge in [0.15, 0.2) is 0 Å². The summed E-state index contributed by atoms with van der Waals surface area (Å²) in [7, 11) is 0. The number of thiophene rings is 1. The molecule has 0 atom stereocenters. The Labute approximate surface area is 193 Å². The summed E-state index contributed by atoms with van der Waals surface area (Å²) in [6, 6.07) is 6.39. The summed E-state index contributed by atoms with van der Waals surface area (Å²) in [5.41, 5.74) is 2.60. The average Bonchev–Trinajstić information content (AvgIpc) is 3.42. The highest BCUT2D eigenvalue weighted by atomic mass is 32.1. The largest absolute Gasteiger partial charge is 0.335 e. The third-order valence-corrected chi connectivity index (χ3v) is 7.68. The van der Waals surface area contributed by atoms with Gasteiger partial charge in [-0.05, 0) is 43.7 Å². The third-order valence-electron chi connectivity index (χ3n) is 6.82. The lowest BCUT2D eigenvalue weighted by Gasteiger charge is -2.34. The number of hydrogen-bond acceptors (Lipinski definition) is 5. The van der Waals surface area contributed by atoms with Gasteiger partial charge in [-0.15, -0.1) is 11.3 Å². The minimum absolute atomic E-state index is 0.0685. The molecule has 1 aliphatic carbocycles. The molecule has 0 aromatic carbocycles. The average molecular weight is 454 g/mol. The zero-order valence-corrected chi connectivity index (χ0v) is 19.7. The molecule has 2 aliphatic rings. The summed E-state index contributed by atoms with van der Waals surface area (Å²) in [5, 5.41) is 14.8. The van der Waals surface area contributed by atoms with Crippen LogP contribution in [0, 0.1) is 25.2 Å². The molecule has 0 spiro atoms. The molecule has 32 heavy (non-hydrogen) atoms. The van der Waals surface area contributed by atoms with Crippen LogP contribution >= 0.6 is 11.3 Å². The topological polar surface area (TPSA) is 81.4 Å². The SMILES string of the molecule is Cc1c(C#N)c(NC(=O)CN2CCN(C(=O)c3cccs3)CC2)n(C2CCCCC2)c1C. The lowest BCUT2D eigenvalue weighted by Crippen LogP contribution is -2.50. The van der Waals surface area contributed by atoms with Crippen molar-refractivity contribution in [3.8, 4) is 6.07 Å². The molecule has 2 amide bonds. The molecule has 3 heterocycles. The standard InChI is InChI=1S/C24H31N5O2S/c1-17-18(2)29(19-7-4-3-5-8-19)23(20(17)15-25)26-22(30)16-27-10-12-28(13-11-27)24(31)21-9-6-14-32-21/h6,9,14,19H,3-5,7-8,10-13,16H2,1-2H3,(H,26,30). The molecule has 7 nitrogen and oxygen atoms in total. The third kappa shape index (κ3) is 4.59. The summed E-state index contributed by atoms with van der Waals surface area (Å²) in [4.78, 5) is 30.2. The minimum Gasteiger partial charge on any atom is -0.335 e. The van der Waals surface area contributed by atoms with E-state index in [1.165, 1.54) is 30.6 Å². The van der Waals surface area contributed by atoms with E-state index in [9.17, 15) is 14.9 Å². The Balaban J connectivity index is 1.40. The number of anilines is 1. The van der Waals surface area contributed by atoms with Crippen LogP contribution in [0.25, 0.3) is 0 Å². The van der Waals surface area contributed by atoms with Gasteiger partial charge >= 0.3 is 0 Å². The fraction of sp³-hybridized carbons (Fsp3) is 0.542. The lowest BCUT2D eigenvalue weighted by molar-refractivity contribution is -0.117. The zero-order chi connectivity index (χ0) is 22.7. The van der Waals surface area contributed by atoms with E-state index in [0.717, 1.165) is 29.0 Å².